The number of nitrogens with zero attached hydrogens (tertiary/aromatic N) is 1. The predicted octanol–water partition coefficient (Wildman–Crippen LogP) is 5.73. The lowest BCUT2D eigenvalue weighted by molar-refractivity contribution is 0.610. The minimum absolute atomic E-state index is 0.331. The van der Waals surface area contributed by atoms with Crippen molar-refractivity contribution in [3.63, 3.8) is 0 Å². The summed E-state index contributed by atoms with van der Waals surface area (Å²) in [6.45, 7) is 4.35. The number of thioether (sulfide) groups is 1. The Balaban J connectivity index is 1.90. The first-order chi connectivity index (χ1) is 10.5. The van der Waals surface area contributed by atoms with Crippen LogP contribution in [0.3, 0.4) is 0 Å². The molecule has 114 valence electrons. The van der Waals surface area contributed by atoms with Gasteiger partial charge in [-0.3, -0.25) is 0 Å². The van der Waals surface area contributed by atoms with Gasteiger partial charge in [0.25, 0.3) is 0 Å². The first kappa shape index (κ1) is 14.7. The molecule has 2 aliphatic rings. The molecule has 2 aromatic carbocycles. The third-order valence-electron chi connectivity index (χ3n) is 4.66. The number of hydrogen-bond donors (Lipinski definition) is 0. The summed E-state index contributed by atoms with van der Waals surface area (Å²) in [6.07, 6.45) is 0.933. The Labute approximate surface area is 145 Å². The summed E-state index contributed by atoms with van der Waals surface area (Å²) in [6, 6.07) is 17.0. The molecule has 0 amide bonds. The normalized spacial score (nSPS) is 28.5. The predicted molar refractivity (Wildman–Crippen MR) is 96.2 cm³/mol. The SMILES string of the molecule is Cc1ccc(C23CC(C)Sc4ccccc4N2C3(Cl)Cl)cc1. The van der Waals surface area contributed by atoms with Crippen LogP contribution in [-0.4, -0.2) is 9.71 Å². The lowest BCUT2D eigenvalue weighted by Crippen LogP contribution is -2.21. The molecule has 1 fully saturated rings. The Hall–Kier alpha value is -0.830. The summed E-state index contributed by atoms with van der Waals surface area (Å²) >= 11 is 15.5. The van der Waals surface area contributed by atoms with Gasteiger partial charge in [0.2, 0.25) is 4.46 Å². The van der Waals surface area contributed by atoms with E-state index >= 15 is 0 Å². The zero-order chi connectivity index (χ0) is 15.5. The second kappa shape index (κ2) is 4.83. The van der Waals surface area contributed by atoms with Gasteiger partial charge < -0.3 is 4.90 Å². The van der Waals surface area contributed by atoms with E-state index in [1.54, 1.807) is 0 Å². The molecule has 0 aliphatic carbocycles. The smallest absolute Gasteiger partial charge is 0.219 e. The summed E-state index contributed by atoms with van der Waals surface area (Å²) in [5, 5.41) is 0.451. The van der Waals surface area contributed by atoms with Gasteiger partial charge in [0.15, 0.2) is 0 Å². The minimum atomic E-state index is -0.881. The standard InChI is InChI=1S/C18H17Cl2NS/c1-12-7-9-14(10-8-12)17-11-13(2)22-16-6-4-3-5-15(16)21(17)18(17,19)20/h3-10,13H,11H2,1-2H3. The average molecular weight is 350 g/mol. The van der Waals surface area contributed by atoms with Gasteiger partial charge in [0, 0.05) is 10.1 Å². The Morgan fingerprint density at radius 1 is 1.09 bits per heavy atom. The van der Waals surface area contributed by atoms with Crippen LogP contribution in [-0.2, 0) is 5.54 Å². The summed E-state index contributed by atoms with van der Waals surface area (Å²) < 4.78 is -0.881. The molecule has 4 rings (SSSR count). The lowest BCUT2D eigenvalue weighted by atomic mass is 9.92. The third-order valence-corrected chi connectivity index (χ3v) is 6.79. The fourth-order valence-corrected chi connectivity index (χ4v) is 5.71. The van der Waals surface area contributed by atoms with Crippen LogP contribution in [0.1, 0.15) is 24.5 Å². The summed E-state index contributed by atoms with van der Waals surface area (Å²) in [5.74, 6) is 0. The van der Waals surface area contributed by atoms with Crippen molar-refractivity contribution in [2.24, 2.45) is 0 Å². The number of anilines is 1. The number of fused-ring (bicyclic) bond motifs is 3. The molecule has 1 saturated heterocycles. The monoisotopic (exact) mass is 349 g/mol. The molecular weight excluding hydrogens is 333 g/mol. The molecule has 0 saturated carbocycles. The van der Waals surface area contributed by atoms with Crippen LogP contribution >= 0.6 is 35.0 Å². The highest BCUT2D eigenvalue weighted by molar-refractivity contribution is 8.00. The van der Waals surface area contributed by atoms with E-state index in [1.807, 2.05) is 11.8 Å². The maximum atomic E-state index is 6.79. The van der Waals surface area contributed by atoms with Crippen LogP contribution in [0.25, 0.3) is 0 Å². The van der Waals surface area contributed by atoms with Crippen LogP contribution < -0.4 is 4.90 Å². The van der Waals surface area contributed by atoms with Crippen LogP contribution in [0.4, 0.5) is 5.69 Å². The first-order valence-electron chi connectivity index (χ1n) is 7.48. The molecule has 0 aromatic heterocycles. The Kier molecular flexibility index (Phi) is 3.24. The fourth-order valence-electron chi connectivity index (χ4n) is 3.58. The summed E-state index contributed by atoms with van der Waals surface area (Å²) in [7, 11) is 0. The number of rotatable bonds is 1. The second-order valence-corrected chi connectivity index (χ2v) is 8.97. The lowest BCUT2D eigenvalue weighted by Gasteiger charge is -2.19. The number of hydrogen-bond acceptors (Lipinski definition) is 2. The maximum Gasteiger partial charge on any atom is 0.219 e. The van der Waals surface area contributed by atoms with E-state index in [0.717, 1.165) is 12.1 Å². The number of aryl methyl sites for hydroxylation is 1. The third kappa shape index (κ3) is 1.87. The van der Waals surface area contributed by atoms with Crippen LogP contribution in [0.2, 0.25) is 0 Å². The molecular formula is C18H17Cl2NS. The highest BCUT2D eigenvalue weighted by Gasteiger charge is 2.76. The molecule has 2 aliphatic heterocycles. The summed E-state index contributed by atoms with van der Waals surface area (Å²) in [4.78, 5) is 3.44. The van der Waals surface area contributed by atoms with Gasteiger partial charge >= 0.3 is 0 Å². The van der Waals surface area contributed by atoms with Gasteiger partial charge in [0.05, 0.1) is 5.69 Å². The van der Waals surface area contributed by atoms with E-state index < -0.39 is 4.46 Å². The van der Waals surface area contributed by atoms with Crippen molar-refractivity contribution in [3.05, 3.63) is 59.7 Å². The summed E-state index contributed by atoms with van der Waals surface area (Å²) in [5.41, 5.74) is 3.26. The van der Waals surface area contributed by atoms with E-state index in [0.29, 0.717) is 5.25 Å². The molecule has 2 heterocycles. The van der Waals surface area contributed by atoms with Gasteiger partial charge in [-0.15, -0.1) is 11.8 Å². The van der Waals surface area contributed by atoms with E-state index in [4.69, 9.17) is 23.2 Å². The molecule has 22 heavy (non-hydrogen) atoms. The van der Waals surface area contributed by atoms with Crippen molar-refractivity contribution in [2.45, 2.75) is 40.4 Å². The Morgan fingerprint density at radius 2 is 1.77 bits per heavy atom. The van der Waals surface area contributed by atoms with E-state index in [2.05, 4.69) is 67.3 Å². The van der Waals surface area contributed by atoms with Crippen molar-refractivity contribution in [1.29, 1.82) is 0 Å². The largest absolute Gasteiger partial charge is 0.322 e. The number of para-hydroxylation sites is 1. The van der Waals surface area contributed by atoms with Crippen molar-refractivity contribution in [3.8, 4) is 0 Å². The zero-order valence-corrected chi connectivity index (χ0v) is 14.8. The van der Waals surface area contributed by atoms with Gasteiger partial charge in [-0.05, 0) is 31.0 Å². The van der Waals surface area contributed by atoms with Crippen LogP contribution in [0.15, 0.2) is 53.4 Å². The zero-order valence-electron chi connectivity index (χ0n) is 12.5. The Morgan fingerprint density at radius 3 is 2.50 bits per heavy atom. The molecule has 4 heteroatoms. The molecule has 0 spiro atoms. The number of alkyl halides is 2. The Bertz CT molecular complexity index is 728. The first-order valence-corrected chi connectivity index (χ1v) is 9.11. The minimum Gasteiger partial charge on any atom is -0.322 e. The maximum absolute atomic E-state index is 6.79. The van der Waals surface area contributed by atoms with Crippen molar-refractivity contribution in [1.82, 2.24) is 0 Å². The highest BCUT2D eigenvalue weighted by atomic mass is 35.5. The highest BCUT2D eigenvalue weighted by Crippen LogP contribution is 2.71. The molecule has 2 aromatic rings. The molecule has 1 nitrogen and oxygen atoms in total. The fraction of sp³-hybridized carbons (Fsp3) is 0.333. The van der Waals surface area contributed by atoms with Crippen molar-refractivity contribution in [2.75, 3.05) is 4.90 Å². The van der Waals surface area contributed by atoms with E-state index in [-0.39, 0.29) is 5.54 Å². The molecule has 2 atom stereocenters. The van der Waals surface area contributed by atoms with Gasteiger partial charge in [-0.2, -0.15) is 0 Å². The van der Waals surface area contributed by atoms with Gasteiger partial charge in [-0.25, -0.2) is 0 Å². The van der Waals surface area contributed by atoms with Crippen molar-refractivity contribution >= 4 is 40.7 Å². The molecule has 0 bridgehead atoms. The van der Waals surface area contributed by atoms with Gasteiger partial charge in [0.1, 0.15) is 5.54 Å². The quantitative estimate of drug-likeness (QED) is 0.367. The molecule has 2 unspecified atom stereocenters. The molecule has 0 N–H and O–H groups in total. The van der Waals surface area contributed by atoms with E-state index in [9.17, 15) is 0 Å². The van der Waals surface area contributed by atoms with Crippen molar-refractivity contribution < 1.29 is 0 Å². The van der Waals surface area contributed by atoms with Crippen LogP contribution in [0, 0.1) is 6.92 Å². The van der Waals surface area contributed by atoms with Crippen LogP contribution in [0.5, 0.6) is 0 Å². The second-order valence-electron chi connectivity index (χ2n) is 6.20. The topological polar surface area (TPSA) is 3.01 Å². The average Bonchev–Trinajstić information content (AvgIpc) is 3.01. The number of benzene rings is 2. The van der Waals surface area contributed by atoms with Gasteiger partial charge in [-0.1, -0.05) is 72.1 Å². The van der Waals surface area contributed by atoms with E-state index in [1.165, 1.54) is 16.0 Å². The molecule has 0 radical (unpaired) electrons. The number of halogens is 2.